The number of methoxy groups -OCH3 is 1. The van der Waals surface area contributed by atoms with Crippen LogP contribution in [0.4, 0.5) is 0 Å². The molecule has 17 heavy (non-hydrogen) atoms. The maximum atomic E-state index is 7.89. The van der Waals surface area contributed by atoms with Crippen LogP contribution < -0.4 is 4.74 Å². The van der Waals surface area contributed by atoms with Gasteiger partial charge in [-0.25, -0.2) is 0 Å². The molecule has 0 atom stereocenters. The molecule has 86 valence electrons. The minimum Gasteiger partial charge on any atom is -0.496 e. The highest BCUT2D eigenvalue weighted by Gasteiger charge is 2.17. The average Bonchev–Trinajstić information content (AvgIpc) is 2.33. The second-order valence-electron chi connectivity index (χ2n) is 3.57. The highest BCUT2D eigenvalue weighted by atomic mass is 35.5. The Bertz CT molecular complexity index is 559. The molecule has 1 aromatic rings. The third-order valence-corrected chi connectivity index (χ3v) is 2.75. The van der Waals surface area contributed by atoms with Crippen molar-refractivity contribution in [1.82, 2.24) is 0 Å². The third kappa shape index (κ3) is 2.15. The Kier molecular flexibility index (Phi) is 3.11. The first-order valence-corrected chi connectivity index (χ1v) is 5.41. The minimum atomic E-state index is 0.174. The molecular formula is C13H11ClN2O. The Labute approximate surface area is 104 Å². The van der Waals surface area contributed by atoms with Gasteiger partial charge in [0.25, 0.3) is 0 Å². The predicted molar refractivity (Wildman–Crippen MR) is 70.6 cm³/mol. The quantitative estimate of drug-likeness (QED) is 0.773. The van der Waals surface area contributed by atoms with E-state index >= 15 is 0 Å². The molecule has 1 aromatic carbocycles. The summed E-state index contributed by atoms with van der Waals surface area (Å²) >= 11 is 5.95. The average molecular weight is 247 g/mol. The fraction of sp³-hybridized carbons (Fsp3) is 0.0769. The van der Waals surface area contributed by atoms with Crippen LogP contribution >= 0.6 is 11.6 Å². The summed E-state index contributed by atoms with van der Waals surface area (Å²) in [6.45, 7) is 0. The van der Waals surface area contributed by atoms with Gasteiger partial charge in [0.1, 0.15) is 5.75 Å². The monoisotopic (exact) mass is 246 g/mol. The number of halogens is 1. The lowest BCUT2D eigenvalue weighted by molar-refractivity contribution is 0.413. The molecule has 0 radical (unpaired) electrons. The van der Waals surface area contributed by atoms with E-state index in [9.17, 15) is 0 Å². The van der Waals surface area contributed by atoms with Crippen molar-refractivity contribution in [3.05, 3.63) is 47.0 Å². The first-order chi connectivity index (χ1) is 8.13. The molecule has 0 fully saturated rings. The summed E-state index contributed by atoms with van der Waals surface area (Å²) in [4.78, 5) is 0. The van der Waals surface area contributed by atoms with Crippen molar-refractivity contribution < 1.29 is 4.74 Å². The molecule has 0 aliphatic heterocycles. The largest absolute Gasteiger partial charge is 0.496 e. The summed E-state index contributed by atoms with van der Waals surface area (Å²) in [5.74, 6) is 0.647. The molecular weight excluding hydrogens is 236 g/mol. The van der Waals surface area contributed by atoms with Gasteiger partial charge in [-0.3, -0.25) is 10.8 Å². The Morgan fingerprint density at radius 1 is 1.24 bits per heavy atom. The summed E-state index contributed by atoms with van der Waals surface area (Å²) < 4.78 is 5.25. The van der Waals surface area contributed by atoms with Gasteiger partial charge in [0.05, 0.1) is 18.5 Å². The second-order valence-corrected chi connectivity index (χ2v) is 4.01. The van der Waals surface area contributed by atoms with Crippen LogP contribution in [0.2, 0.25) is 5.02 Å². The van der Waals surface area contributed by atoms with E-state index in [1.807, 2.05) is 0 Å². The maximum Gasteiger partial charge on any atom is 0.126 e. The maximum absolute atomic E-state index is 7.89. The van der Waals surface area contributed by atoms with Crippen molar-refractivity contribution in [2.24, 2.45) is 0 Å². The van der Waals surface area contributed by atoms with Crippen LogP contribution in [0.1, 0.15) is 5.56 Å². The smallest absolute Gasteiger partial charge is 0.126 e. The summed E-state index contributed by atoms with van der Waals surface area (Å²) in [6.07, 6.45) is 5.12. The van der Waals surface area contributed by atoms with Crippen LogP contribution in [0.15, 0.2) is 36.4 Å². The fourth-order valence-corrected chi connectivity index (χ4v) is 1.84. The summed E-state index contributed by atoms with van der Waals surface area (Å²) in [7, 11) is 1.57. The molecule has 4 heteroatoms. The van der Waals surface area contributed by atoms with Crippen molar-refractivity contribution in [2.45, 2.75) is 0 Å². The summed E-state index contributed by atoms with van der Waals surface area (Å²) in [6, 6.07) is 5.24. The minimum absolute atomic E-state index is 0.174. The van der Waals surface area contributed by atoms with Crippen LogP contribution in [0, 0.1) is 10.8 Å². The molecule has 0 aromatic heterocycles. The van der Waals surface area contributed by atoms with Crippen LogP contribution in [-0.2, 0) is 0 Å². The van der Waals surface area contributed by atoms with Crippen molar-refractivity contribution in [3.8, 4) is 5.75 Å². The lowest BCUT2D eigenvalue weighted by Crippen LogP contribution is -2.14. The first kappa shape index (κ1) is 11.6. The Balaban J connectivity index is 2.57. The molecule has 0 heterocycles. The van der Waals surface area contributed by atoms with Crippen molar-refractivity contribution in [1.29, 1.82) is 10.8 Å². The fourth-order valence-electron chi connectivity index (χ4n) is 1.67. The van der Waals surface area contributed by atoms with Gasteiger partial charge in [0, 0.05) is 16.2 Å². The second kappa shape index (κ2) is 4.55. The summed E-state index contributed by atoms with van der Waals surface area (Å²) in [5.41, 5.74) is 1.74. The van der Waals surface area contributed by atoms with Gasteiger partial charge in [-0.2, -0.15) is 0 Å². The molecule has 0 amide bonds. The highest BCUT2D eigenvalue weighted by molar-refractivity contribution is 6.60. The van der Waals surface area contributed by atoms with E-state index in [1.54, 1.807) is 43.5 Å². The third-order valence-electron chi connectivity index (χ3n) is 2.52. The zero-order valence-electron chi connectivity index (χ0n) is 9.25. The number of ether oxygens (including phenoxy) is 1. The highest BCUT2D eigenvalue weighted by Crippen LogP contribution is 2.31. The standard InChI is InChI=1S/C13H11ClN2O/c1-17-12-6-5-8(14)7-10(12)9-3-2-4-11(15)13(9)16/h2-7,15-16H,1H3. The summed E-state index contributed by atoms with van der Waals surface area (Å²) in [5, 5.41) is 16.1. The van der Waals surface area contributed by atoms with E-state index < -0.39 is 0 Å². The van der Waals surface area contributed by atoms with Gasteiger partial charge in [-0.1, -0.05) is 23.8 Å². The van der Waals surface area contributed by atoms with E-state index in [-0.39, 0.29) is 11.4 Å². The molecule has 1 aliphatic carbocycles. The topological polar surface area (TPSA) is 56.9 Å². The van der Waals surface area contributed by atoms with Crippen LogP contribution in [-0.4, -0.2) is 18.5 Å². The molecule has 0 bridgehead atoms. The Hall–Kier alpha value is -1.87. The lowest BCUT2D eigenvalue weighted by atomic mass is 9.93. The SMILES string of the molecule is COc1ccc(Cl)cc1C1=CC=CC(=N)C1=N. The number of benzene rings is 1. The van der Waals surface area contributed by atoms with E-state index in [0.29, 0.717) is 16.3 Å². The first-order valence-electron chi connectivity index (χ1n) is 5.03. The van der Waals surface area contributed by atoms with Crippen molar-refractivity contribution in [3.63, 3.8) is 0 Å². The molecule has 3 nitrogen and oxygen atoms in total. The Morgan fingerprint density at radius 3 is 2.71 bits per heavy atom. The molecule has 2 N–H and O–H groups in total. The van der Waals surface area contributed by atoms with Crippen LogP contribution in [0.25, 0.3) is 5.57 Å². The molecule has 0 spiro atoms. The van der Waals surface area contributed by atoms with Crippen LogP contribution in [0.3, 0.4) is 0 Å². The van der Waals surface area contributed by atoms with E-state index in [0.717, 1.165) is 5.56 Å². The van der Waals surface area contributed by atoms with Gasteiger partial charge in [-0.15, -0.1) is 0 Å². The van der Waals surface area contributed by atoms with Crippen molar-refractivity contribution in [2.75, 3.05) is 7.11 Å². The normalized spacial score (nSPS) is 14.8. The molecule has 1 aliphatic rings. The lowest BCUT2D eigenvalue weighted by Gasteiger charge is -2.15. The van der Waals surface area contributed by atoms with Gasteiger partial charge < -0.3 is 4.74 Å². The molecule has 0 saturated carbocycles. The van der Waals surface area contributed by atoms with Crippen LogP contribution in [0.5, 0.6) is 5.75 Å². The molecule has 2 rings (SSSR count). The number of hydrogen-bond donors (Lipinski definition) is 2. The predicted octanol–water partition coefficient (Wildman–Crippen LogP) is 3.34. The Morgan fingerprint density at radius 2 is 2.00 bits per heavy atom. The van der Waals surface area contributed by atoms with E-state index in [1.165, 1.54) is 0 Å². The van der Waals surface area contributed by atoms with Gasteiger partial charge in [0.15, 0.2) is 0 Å². The molecule has 0 saturated heterocycles. The number of rotatable bonds is 2. The van der Waals surface area contributed by atoms with E-state index in [4.69, 9.17) is 27.2 Å². The van der Waals surface area contributed by atoms with Gasteiger partial charge in [0.2, 0.25) is 0 Å². The zero-order chi connectivity index (χ0) is 12.4. The zero-order valence-corrected chi connectivity index (χ0v) is 10.0. The van der Waals surface area contributed by atoms with Crippen molar-refractivity contribution >= 4 is 28.6 Å². The molecule has 0 unspecified atom stereocenters. The number of nitrogens with one attached hydrogen (secondary N) is 2. The van der Waals surface area contributed by atoms with E-state index in [2.05, 4.69) is 0 Å². The number of hydrogen-bond acceptors (Lipinski definition) is 3. The number of allylic oxidation sites excluding steroid dienone is 4. The van der Waals surface area contributed by atoms with Gasteiger partial charge >= 0.3 is 0 Å². The van der Waals surface area contributed by atoms with Gasteiger partial charge in [-0.05, 0) is 24.3 Å².